The van der Waals surface area contributed by atoms with E-state index in [-0.39, 0.29) is 43.9 Å². The van der Waals surface area contributed by atoms with E-state index in [0.717, 1.165) is 16.8 Å². The first-order chi connectivity index (χ1) is 24.9. The second-order valence-corrected chi connectivity index (χ2v) is 19.7. The fraction of sp³-hybridized carbons (Fsp3) is 0.542. The molecule has 0 unspecified atom stereocenters. The van der Waals surface area contributed by atoms with Gasteiger partial charge in [0.15, 0.2) is 5.78 Å². The third kappa shape index (κ3) is 10.9. The Balaban J connectivity index is 0.000000414. The third-order valence-corrected chi connectivity index (χ3v) is 11.5. The first-order valence-corrected chi connectivity index (χ1v) is 19.8. The predicted molar refractivity (Wildman–Crippen MR) is 218 cm³/mol. The molecule has 2 aliphatic rings. The van der Waals surface area contributed by atoms with Crippen molar-refractivity contribution in [2.45, 2.75) is 145 Å². The van der Waals surface area contributed by atoms with Gasteiger partial charge in [0.1, 0.15) is 0 Å². The quantitative estimate of drug-likeness (QED) is 0.123. The van der Waals surface area contributed by atoms with Crippen molar-refractivity contribution >= 4 is 27.5 Å². The van der Waals surface area contributed by atoms with Gasteiger partial charge in [-0.05, 0) is 115 Å². The minimum atomic E-state index is -4.83. The zero-order valence-corrected chi connectivity index (χ0v) is 37.2. The fourth-order valence-corrected chi connectivity index (χ4v) is 10.3. The summed E-state index contributed by atoms with van der Waals surface area (Å²) >= 11 is 0. The van der Waals surface area contributed by atoms with E-state index in [0.29, 0.717) is 22.2 Å². The number of fused-ring (bicyclic) bond motifs is 2. The number of allylic oxidation sites excluding steroid dienone is 2. The maximum atomic E-state index is 11.7. The van der Waals surface area contributed by atoms with Gasteiger partial charge in [-0.3, -0.25) is 9.78 Å². The number of carbonyl (C=O) groups excluding carboxylic acids is 1. The molecule has 0 amide bonds. The van der Waals surface area contributed by atoms with Gasteiger partial charge >= 0.3 is 6.18 Å². The molecule has 1 radical (unpaired) electrons. The summed E-state index contributed by atoms with van der Waals surface area (Å²) in [5.41, 5.74) is 10.3. The van der Waals surface area contributed by atoms with Crippen LogP contribution in [0, 0.1) is 42.1 Å². The number of nitrogens with zero attached hydrogens (tertiary/aromatic N) is 1. The van der Waals surface area contributed by atoms with Gasteiger partial charge in [-0.25, -0.2) is 0 Å². The van der Waals surface area contributed by atoms with Crippen molar-refractivity contribution < 1.29 is 43.2 Å². The molecule has 2 aliphatic carbocycles. The van der Waals surface area contributed by atoms with Crippen LogP contribution in [0.4, 0.5) is 13.2 Å². The normalized spacial score (nSPS) is 18.6. The summed E-state index contributed by atoms with van der Waals surface area (Å²) in [5, 5.41) is 12.3. The topological polar surface area (TPSA) is 50.2 Å². The van der Waals surface area contributed by atoms with Crippen molar-refractivity contribution in [1.82, 2.24) is 4.98 Å². The van der Waals surface area contributed by atoms with E-state index < -0.39 is 17.7 Å². The number of alkyl halides is 3. The minimum Gasteiger partial charge on any atom is -0.504 e. The number of aliphatic hydroxyl groups is 1. The Labute approximate surface area is 341 Å². The van der Waals surface area contributed by atoms with Crippen molar-refractivity contribution in [2.24, 2.45) is 22.2 Å². The number of ketones is 1. The average molecular weight is 933 g/mol. The minimum absolute atomic E-state index is 0. The summed E-state index contributed by atoms with van der Waals surface area (Å²) in [7, 11) is 0. The second-order valence-electron chi connectivity index (χ2n) is 19.7. The summed E-state index contributed by atoms with van der Waals surface area (Å²) in [6.07, 6.45) is 4.79. The first-order valence-electron chi connectivity index (χ1n) is 19.8. The molecule has 1 spiro atoms. The number of pyridine rings is 1. The Kier molecular flexibility index (Phi) is 13.4. The summed E-state index contributed by atoms with van der Waals surface area (Å²) in [6, 6.07) is 22.0. The molecule has 301 valence electrons. The van der Waals surface area contributed by atoms with Crippen LogP contribution in [0.1, 0.15) is 142 Å². The molecule has 2 saturated carbocycles. The Morgan fingerprint density at radius 3 is 2.11 bits per heavy atom. The molecule has 0 saturated heterocycles. The van der Waals surface area contributed by atoms with Crippen LogP contribution < -0.4 is 0 Å². The van der Waals surface area contributed by atoms with Crippen LogP contribution in [0.5, 0.6) is 0 Å². The molecule has 1 N–H and O–H groups in total. The zero-order chi connectivity index (χ0) is 40.0. The molecule has 4 aromatic rings. The van der Waals surface area contributed by atoms with Crippen LogP contribution in [0.2, 0.25) is 0 Å². The number of aromatic nitrogens is 1. The number of halogens is 3. The van der Waals surface area contributed by atoms with E-state index in [1.54, 1.807) is 13.8 Å². The molecule has 1 aromatic heterocycles. The zero-order valence-electron chi connectivity index (χ0n) is 34.8. The van der Waals surface area contributed by atoms with E-state index in [2.05, 4.69) is 117 Å². The van der Waals surface area contributed by atoms with Gasteiger partial charge in [0.25, 0.3) is 0 Å². The molecular formula is C48H61F3IrNO2-. The van der Waals surface area contributed by atoms with E-state index in [1.807, 2.05) is 0 Å². The number of hydrogen-bond acceptors (Lipinski definition) is 3. The van der Waals surface area contributed by atoms with Gasteiger partial charge in [-0.2, -0.15) is 13.2 Å². The molecule has 0 aliphatic heterocycles. The second kappa shape index (κ2) is 16.5. The summed E-state index contributed by atoms with van der Waals surface area (Å²) in [6.45, 7) is 24.9. The fourth-order valence-electron chi connectivity index (χ4n) is 10.3. The summed E-state index contributed by atoms with van der Waals surface area (Å²) in [4.78, 5) is 16.1. The monoisotopic (exact) mass is 933 g/mol. The number of benzene rings is 3. The predicted octanol–water partition coefficient (Wildman–Crippen LogP) is 14.3. The van der Waals surface area contributed by atoms with Crippen LogP contribution in [0.15, 0.2) is 60.4 Å². The summed E-state index contributed by atoms with van der Waals surface area (Å²) in [5.74, 6) is -1.99. The third-order valence-electron chi connectivity index (χ3n) is 11.5. The van der Waals surface area contributed by atoms with Crippen LogP contribution in [0.3, 0.4) is 0 Å². The number of rotatable bonds is 5. The van der Waals surface area contributed by atoms with Gasteiger partial charge in [0.2, 0.25) is 5.76 Å². The maximum Gasteiger partial charge on any atom is 0.448 e. The Bertz CT molecular complexity index is 2020. The van der Waals surface area contributed by atoms with Gasteiger partial charge < -0.3 is 5.11 Å². The van der Waals surface area contributed by atoms with Crippen LogP contribution in [-0.4, -0.2) is 22.1 Å². The molecule has 6 rings (SSSR count). The van der Waals surface area contributed by atoms with Gasteiger partial charge in [0, 0.05) is 43.7 Å². The molecule has 55 heavy (non-hydrogen) atoms. The van der Waals surface area contributed by atoms with E-state index in [1.165, 1.54) is 83.4 Å². The first kappa shape index (κ1) is 44.7. The van der Waals surface area contributed by atoms with Crippen LogP contribution in [0.25, 0.3) is 32.9 Å². The largest absolute Gasteiger partial charge is 0.504 e. The number of aryl methyl sites for hydroxylation is 2. The number of carbonyl (C=O) groups is 1. The molecule has 3 nitrogen and oxygen atoms in total. The van der Waals surface area contributed by atoms with Crippen molar-refractivity contribution in [1.29, 1.82) is 0 Å². The average Bonchev–Trinajstić information content (AvgIpc) is 3.01. The van der Waals surface area contributed by atoms with Crippen LogP contribution in [-0.2, 0) is 30.3 Å². The standard InChI is InChI=1S/C40H50N.C8H11F3O2.Ir/c1-26-18-27(2)36-32(28-14-16-40(17-15-28)24-38(6,7)23-39(8,9)25-40)22-34(41-35(36)19-26)30-20-29-12-10-11-13-31(29)33(21-30)37(3,4)5;1-5(2)3-6(12)4-7(13)8(9,10)11;/h10-13,18-19,21-22,28H,14-17,23-25H2,1-9H3;4-5,13H,3H2,1-2H3;/q-1;;/b;7-4-;. The molecule has 0 atom stereocenters. The maximum absolute atomic E-state index is 11.7. The van der Waals surface area contributed by atoms with E-state index >= 15 is 0 Å². The molecule has 7 heteroatoms. The summed E-state index contributed by atoms with van der Waals surface area (Å²) < 4.78 is 35.0. The molecular weight excluding hydrogens is 872 g/mol. The molecule has 2 fully saturated rings. The molecule has 1 heterocycles. The van der Waals surface area contributed by atoms with E-state index in [9.17, 15) is 18.0 Å². The smallest absolute Gasteiger partial charge is 0.448 e. The van der Waals surface area contributed by atoms with Crippen molar-refractivity contribution in [3.8, 4) is 11.3 Å². The van der Waals surface area contributed by atoms with E-state index in [4.69, 9.17) is 10.1 Å². The Morgan fingerprint density at radius 1 is 0.945 bits per heavy atom. The molecule has 0 bridgehead atoms. The number of hydrogen-bond donors (Lipinski definition) is 1. The number of aliphatic hydroxyl groups excluding tert-OH is 1. The van der Waals surface area contributed by atoms with Gasteiger partial charge in [0.05, 0.1) is 5.52 Å². The van der Waals surface area contributed by atoms with Crippen molar-refractivity contribution in [2.75, 3.05) is 0 Å². The van der Waals surface area contributed by atoms with Crippen molar-refractivity contribution in [3.63, 3.8) is 0 Å². The van der Waals surface area contributed by atoms with Gasteiger partial charge in [-0.15, -0.1) is 29.1 Å². The van der Waals surface area contributed by atoms with Gasteiger partial charge in [-0.1, -0.05) is 104 Å². The SMILES string of the molecule is CC(C)CC(=O)/C=C(\O)C(F)(F)F.Cc1cc(C)c2c(C3CCC4(CC3)CC(C)(C)CC(C)(C)C4)cc(-c3[c-]c4ccccc4c(C(C)(C)C)c3)nc2c1.[Ir]. The molecule has 3 aromatic carbocycles. The Hall–Kier alpha value is -3.02. The Morgan fingerprint density at radius 2 is 1.55 bits per heavy atom. The van der Waals surface area contributed by atoms with Crippen LogP contribution >= 0.6 is 0 Å². The van der Waals surface area contributed by atoms with Crippen molar-refractivity contribution in [3.05, 3.63) is 88.7 Å².